The molecule has 0 bridgehead atoms. The predicted octanol–water partition coefficient (Wildman–Crippen LogP) is 4.40. The Bertz CT molecular complexity index is 325. The summed E-state index contributed by atoms with van der Waals surface area (Å²) in [7, 11) is 0. The number of unbranched alkanes of at least 4 members (excludes halogenated alkanes) is 5. The number of rotatable bonds is 9. The van der Waals surface area contributed by atoms with E-state index < -0.39 is 0 Å². The molecule has 0 aliphatic carbocycles. The Morgan fingerprint density at radius 1 is 1.06 bits per heavy atom. The number of nitrogens with one attached hydrogen (secondary N) is 1. The molecule has 0 aliphatic heterocycles. The van der Waals surface area contributed by atoms with Crippen molar-refractivity contribution >= 4 is 0 Å². The largest absolute Gasteiger partial charge is 0.508 e. The van der Waals surface area contributed by atoms with Crippen LogP contribution in [-0.4, -0.2) is 11.7 Å². The summed E-state index contributed by atoms with van der Waals surface area (Å²) in [5.41, 5.74) is 0.989. The maximum absolute atomic E-state index is 9.74. The summed E-state index contributed by atoms with van der Waals surface area (Å²) in [6, 6.07) is 7.78. The lowest BCUT2D eigenvalue weighted by molar-refractivity contribution is 0.450. The van der Waals surface area contributed by atoms with E-state index in [0.717, 1.165) is 12.1 Å². The number of para-hydroxylation sites is 1. The maximum Gasteiger partial charge on any atom is 0.120 e. The van der Waals surface area contributed by atoms with Gasteiger partial charge in [-0.05, 0) is 26.0 Å². The average molecular weight is 249 g/mol. The van der Waals surface area contributed by atoms with Crippen molar-refractivity contribution in [2.24, 2.45) is 0 Å². The van der Waals surface area contributed by atoms with Crippen LogP contribution in [0, 0.1) is 0 Å². The first kappa shape index (κ1) is 15.0. The molecule has 0 aliphatic rings. The second kappa shape index (κ2) is 8.98. The number of phenols is 1. The van der Waals surface area contributed by atoms with Gasteiger partial charge >= 0.3 is 0 Å². The molecule has 0 amide bonds. The molecule has 1 atom stereocenters. The van der Waals surface area contributed by atoms with E-state index in [2.05, 4.69) is 19.2 Å². The Kier molecular flexibility index (Phi) is 7.51. The van der Waals surface area contributed by atoms with Crippen LogP contribution in [0.5, 0.6) is 5.75 Å². The summed E-state index contributed by atoms with van der Waals surface area (Å²) in [4.78, 5) is 0. The molecular weight excluding hydrogens is 222 g/mol. The molecule has 2 heteroatoms. The molecule has 2 nitrogen and oxygen atoms in total. The van der Waals surface area contributed by atoms with Gasteiger partial charge in [-0.1, -0.05) is 57.2 Å². The van der Waals surface area contributed by atoms with Crippen molar-refractivity contribution in [1.82, 2.24) is 5.32 Å². The van der Waals surface area contributed by atoms with Gasteiger partial charge in [-0.15, -0.1) is 0 Å². The summed E-state index contributed by atoms with van der Waals surface area (Å²) in [5.74, 6) is 0.389. The second-order valence-corrected chi connectivity index (χ2v) is 5.00. The van der Waals surface area contributed by atoms with Gasteiger partial charge < -0.3 is 10.4 Å². The third-order valence-corrected chi connectivity index (χ3v) is 3.38. The highest BCUT2D eigenvalue weighted by Gasteiger charge is 2.07. The van der Waals surface area contributed by atoms with Gasteiger partial charge in [0.15, 0.2) is 0 Å². The fourth-order valence-corrected chi connectivity index (χ4v) is 2.19. The van der Waals surface area contributed by atoms with Crippen LogP contribution in [0.15, 0.2) is 24.3 Å². The SMILES string of the molecule is CCCCCCCCNC(C)c1ccccc1O. The molecule has 0 heterocycles. The zero-order valence-electron chi connectivity index (χ0n) is 11.8. The van der Waals surface area contributed by atoms with E-state index in [1.54, 1.807) is 6.07 Å². The van der Waals surface area contributed by atoms with Crippen LogP contribution < -0.4 is 5.32 Å². The lowest BCUT2D eigenvalue weighted by atomic mass is 10.1. The topological polar surface area (TPSA) is 32.3 Å². The van der Waals surface area contributed by atoms with Crippen LogP contribution in [0.1, 0.15) is 64.0 Å². The molecule has 1 unspecified atom stereocenters. The molecule has 2 N–H and O–H groups in total. The highest BCUT2D eigenvalue weighted by Crippen LogP contribution is 2.22. The number of benzene rings is 1. The van der Waals surface area contributed by atoms with Crippen LogP contribution in [0.4, 0.5) is 0 Å². The van der Waals surface area contributed by atoms with Gasteiger partial charge in [0, 0.05) is 11.6 Å². The summed E-state index contributed by atoms with van der Waals surface area (Å²) in [5, 5.41) is 13.2. The van der Waals surface area contributed by atoms with Crippen LogP contribution in [0.3, 0.4) is 0 Å². The Balaban J connectivity index is 2.14. The highest BCUT2D eigenvalue weighted by molar-refractivity contribution is 5.33. The molecule has 0 saturated carbocycles. The lowest BCUT2D eigenvalue weighted by Crippen LogP contribution is -2.19. The average Bonchev–Trinajstić information content (AvgIpc) is 2.38. The molecule has 1 aromatic rings. The van der Waals surface area contributed by atoms with Gasteiger partial charge in [0.05, 0.1) is 0 Å². The predicted molar refractivity (Wildman–Crippen MR) is 77.9 cm³/mol. The standard InChI is InChI=1S/C16H27NO/c1-3-4-5-6-7-10-13-17-14(2)15-11-8-9-12-16(15)18/h8-9,11-12,14,17-18H,3-7,10,13H2,1-2H3. The number of hydrogen-bond donors (Lipinski definition) is 2. The Hall–Kier alpha value is -1.02. The zero-order valence-corrected chi connectivity index (χ0v) is 11.8. The van der Waals surface area contributed by atoms with E-state index in [-0.39, 0.29) is 6.04 Å². The molecule has 0 spiro atoms. The normalized spacial score (nSPS) is 12.6. The zero-order chi connectivity index (χ0) is 13.2. The number of phenolic OH excluding ortho intramolecular Hbond substituents is 1. The van der Waals surface area contributed by atoms with E-state index in [0.29, 0.717) is 5.75 Å². The Morgan fingerprint density at radius 2 is 1.72 bits per heavy atom. The van der Waals surface area contributed by atoms with E-state index >= 15 is 0 Å². The molecule has 0 saturated heterocycles. The van der Waals surface area contributed by atoms with Gasteiger partial charge in [0.1, 0.15) is 5.75 Å². The highest BCUT2D eigenvalue weighted by atomic mass is 16.3. The molecule has 1 rings (SSSR count). The second-order valence-electron chi connectivity index (χ2n) is 5.00. The van der Waals surface area contributed by atoms with Crippen molar-refractivity contribution < 1.29 is 5.11 Å². The third-order valence-electron chi connectivity index (χ3n) is 3.38. The van der Waals surface area contributed by atoms with E-state index in [1.165, 1.54) is 38.5 Å². The molecule has 0 aromatic heterocycles. The van der Waals surface area contributed by atoms with E-state index in [9.17, 15) is 5.11 Å². The van der Waals surface area contributed by atoms with Crippen LogP contribution >= 0.6 is 0 Å². The first-order valence-electron chi connectivity index (χ1n) is 7.27. The fraction of sp³-hybridized carbons (Fsp3) is 0.625. The van der Waals surface area contributed by atoms with Crippen LogP contribution in [0.2, 0.25) is 0 Å². The Labute approximate surface area is 111 Å². The van der Waals surface area contributed by atoms with E-state index in [4.69, 9.17) is 0 Å². The molecule has 18 heavy (non-hydrogen) atoms. The molecule has 102 valence electrons. The minimum absolute atomic E-state index is 0.224. The minimum Gasteiger partial charge on any atom is -0.508 e. The van der Waals surface area contributed by atoms with Crippen LogP contribution in [0.25, 0.3) is 0 Å². The van der Waals surface area contributed by atoms with Crippen molar-refractivity contribution in [1.29, 1.82) is 0 Å². The molecule has 0 radical (unpaired) electrons. The van der Waals surface area contributed by atoms with Crippen molar-refractivity contribution in [3.63, 3.8) is 0 Å². The number of aromatic hydroxyl groups is 1. The minimum atomic E-state index is 0.224. The van der Waals surface area contributed by atoms with Gasteiger partial charge in [0.25, 0.3) is 0 Å². The first-order chi connectivity index (χ1) is 8.75. The van der Waals surface area contributed by atoms with Gasteiger partial charge in [-0.2, -0.15) is 0 Å². The monoisotopic (exact) mass is 249 g/mol. The van der Waals surface area contributed by atoms with Gasteiger partial charge in [-0.3, -0.25) is 0 Å². The van der Waals surface area contributed by atoms with Crippen molar-refractivity contribution in [3.8, 4) is 5.75 Å². The summed E-state index contributed by atoms with van der Waals surface area (Å²) in [6.07, 6.45) is 7.92. The van der Waals surface area contributed by atoms with E-state index in [1.807, 2.05) is 18.2 Å². The third kappa shape index (κ3) is 5.54. The fourth-order valence-electron chi connectivity index (χ4n) is 2.19. The summed E-state index contributed by atoms with van der Waals surface area (Å²) in [6.45, 7) is 5.38. The summed E-state index contributed by atoms with van der Waals surface area (Å²) >= 11 is 0. The molecule has 1 aromatic carbocycles. The summed E-state index contributed by atoms with van der Waals surface area (Å²) < 4.78 is 0. The van der Waals surface area contributed by atoms with Gasteiger partial charge in [0.2, 0.25) is 0 Å². The van der Waals surface area contributed by atoms with Crippen molar-refractivity contribution in [3.05, 3.63) is 29.8 Å². The quantitative estimate of drug-likeness (QED) is 0.636. The first-order valence-corrected chi connectivity index (χ1v) is 7.27. The van der Waals surface area contributed by atoms with Gasteiger partial charge in [-0.25, -0.2) is 0 Å². The van der Waals surface area contributed by atoms with Crippen LogP contribution in [-0.2, 0) is 0 Å². The molecule has 0 fully saturated rings. The molecular formula is C16H27NO. The maximum atomic E-state index is 9.74. The smallest absolute Gasteiger partial charge is 0.120 e. The Morgan fingerprint density at radius 3 is 2.44 bits per heavy atom. The van der Waals surface area contributed by atoms with Crippen molar-refractivity contribution in [2.45, 2.75) is 58.4 Å². The number of hydrogen-bond acceptors (Lipinski definition) is 2. The lowest BCUT2D eigenvalue weighted by Gasteiger charge is -2.15. The van der Waals surface area contributed by atoms with Crippen molar-refractivity contribution in [2.75, 3.05) is 6.54 Å².